The number of hydrogen-bond acceptors (Lipinski definition) is 2. The highest BCUT2D eigenvalue weighted by molar-refractivity contribution is 5.58. The van der Waals surface area contributed by atoms with Gasteiger partial charge in [-0.15, -0.1) is 0 Å². The minimum absolute atomic E-state index is 0.531. The van der Waals surface area contributed by atoms with Crippen molar-refractivity contribution in [3.05, 3.63) is 35.3 Å². The van der Waals surface area contributed by atoms with Crippen LogP contribution in [0.3, 0.4) is 0 Å². The Hall–Kier alpha value is -1.31. The van der Waals surface area contributed by atoms with Gasteiger partial charge in [-0.2, -0.15) is 0 Å². The Labute approximate surface area is 78.7 Å². The van der Waals surface area contributed by atoms with E-state index in [9.17, 15) is 0 Å². The van der Waals surface area contributed by atoms with Crippen molar-refractivity contribution in [2.45, 2.75) is 19.3 Å². The number of rotatable bonds is 1. The lowest BCUT2D eigenvalue weighted by Crippen LogP contribution is -2.14. The molecule has 1 aliphatic carbocycles. The summed E-state index contributed by atoms with van der Waals surface area (Å²) in [5.41, 5.74) is 3.78. The number of fused-ring (bicyclic) bond motifs is 1. The average Bonchev–Trinajstić information content (AvgIpc) is 2.18. The van der Waals surface area contributed by atoms with Crippen LogP contribution in [-0.4, -0.2) is 12.0 Å². The minimum atomic E-state index is 0.531. The Morgan fingerprint density at radius 3 is 3.15 bits per heavy atom. The Kier molecular flexibility index (Phi) is 2.05. The van der Waals surface area contributed by atoms with Crippen molar-refractivity contribution in [1.29, 1.82) is 0 Å². The van der Waals surface area contributed by atoms with Crippen LogP contribution in [0.5, 0.6) is 0 Å². The SMILES string of the molecule is CNC1=Cc2cccnc2C(C)C1. The van der Waals surface area contributed by atoms with Crippen LogP contribution in [0.2, 0.25) is 0 Å². The lowest BCUT2D eigenvalue weighted by molar-refractivity contribution is 0.681. The van der Waals surface area contributed by atoms with E-state index in [1.54, 1.807) is 0 Å². The summed E-state index contributed by atoms with van der Waals surface area (Å²) in [6, 6.07) is 4.11. The zero-order chi connectivity index (χ0) is 9.26. The molecule has 1 unspecified atom stereocenters. The van der Waals surface area contributed by atoms with Gasteiger partial charge in [-0.3, -0.25) is 4.98 Å². The van der Waals surface area contributed by atoms with Gasteiger partial charge in [0.1, 0.15) is 0 Å². The van der Waals surface area contributed by atoms with Crippen molar-refractivity contribution in [2.75, 3.05) is 7.05 Å². The van der Waals surface area contributed by atoms with E-state index in [1.165, 1.54) is 17.0 Å². The molecular formula is C11H14N2. The fourth-order valence-corrected chi connectivity index (χ4v) is 1.81. The molecular weight excluding hydrogens is 160 g/mol. The van der Waals surface area contributed by atoms with Crippen molar-refractivity contribution in [3.8, 4) is 0 Å². The highest BCUT2D eigenvalue weighted by Gasteiger charge is 2.17. The molecule has 0 fully saturated rings. The smallest absolute Gasteiger partial charge is 0.0508 e. The van der Waals surface area contributed by atoms with E-state index in [0.29, 0.717) is 5.92 Å². The Balaban J connectivity index is 2.46. The highest BCUT2D eigenvalue weighted by Crippen LogP contribution is 2.29. The molecule has 0 saturated heterocycles. The van der Waals surface area contributed by atoms with Gasteiger partial charge in [0.25, 0.3) is 0 Å². The largest absolute Gasteiger partial charge is 0.391 e. The second-order valence-electron chi connectivity index (χ2n) is 3.50. The Bertz CT molecular complexity index is 342. The summed E-state index contributed by atoms with van der Waals surface area (Å²) in [5, 5.41) is 3.21. The average molecular weight is 174 g/mol. The lowest BCUT2D eigenvalue weighted by Gasteiger charge is -2.21. The zero-order valence-corrected chi connectivity index (χ0v) is 8.04. The van der Waals surface area contributed by atoms with E-state index in [2.05, 4.69) is 29.4 Å². The first-order valence-corrected chi connectivity index (χ1v) is 4.64. The first kappa shape index (κ1) is 8.30. The van der Waals surface area contributed by atoms with Gasteiger partial charge in [0, 0.05) is 24.9 Å². The first-order chi connectivity index (χ1) is 6.31. The third-order valence-electron chi connectivity index (χ3n) is 2.51. The molecule has 68 valence electrons. The third kappa shape index (κ3) is 1.44. The van der Waals surface area contributed by atoms with Crippen molar-refractivity contribution in [1.82, 2.24) is 10.3 Å². The Morgan fingerprint density at radius 1 is 1.54 bits per heavy atom. The molecule has 1 aromatic heterocycles. The fourth-order valence-electron chi connectivity index (χ4n) is 1.81. The molecule has 0 aliphatic heterocycles. The molecule has 0 saturated carbocycles. The number of pyridine rings is 1. The predicted molar refractivity (Wildman–Crippen MR) is 54.3 cm³/mol. The van der Waals surface area contributed by atoms with Gasteiger partial charge in [-0.1, -0.05) is 13.0 Å². The van der Waals surface area contributed by atoms with Crippen LogP contribution in [0.15, 0.2) is 24.0 Å². The van der Waals surface area contributed by atoms with E-state index in [-0.39, 0.29) is 0 Å². The van der Waals surface area contributed by atoms with E-state index in [4.69, 9.17) is 0 Å². The van der Waals surface area contributed by atoms with Crippen LogP contribution in [0.4, 0.5) is 0 Å². The van der Waals surface area contributed by atoms with Gasteiger partial charge in [0.15, 0.2) is 0 Å². The van der Waals surface area contributed by atoms with Crippen molar-refractivity contribution in [2.24, 2.45) is 0 Å². The second-order valence-corrected chi connectivity index (χ2v) is 3.50. The van der Waals surface area contributed by atoms with Crippen molar-refractivity contribution >= 4 is 6.08 Å². The molecule has 0 radical (unpaired) electrons. The molecule has 13 heavy (non-hydrogen) atoms. The zero-order valence-electron chi connectivity index (χ0n) is 8.04. The standard InChI is InChI=1S/C11H14N2/c1-8-6-10(12-2)7-9-4-3-5-13-11(8)9/h3-5,7-8,12H,6H2,1-2H3. The molecule has 0 bridgehead atoms. The second kappa shape index (κ2) is 3.21. The van der Waals surface area contributed by atoms with Gasteiger partial charge in [-0.25, -0.2) is 0 Å². The summed E-state index contributed by atoms with van der Waals surface area (Å²) < 4.78 is 0. The van der Waals surface area contributed by atoms with E-state index in [1.807, 2.05) is 19.3 Å². The monoisotopic (exact) mass is 174 g/mol. The molecule has 1 aromatic rings. The number of aromatic nitrogens is 1. The van der Waals surface area contributed by atoms with Crippen LogP contribution < -0.4 is 5.32 Å². The topological polar surface area (TPSA) is 24.9 Å². The summed E-state index contributed by atoms with van der Waals surface area (Å²) >= 11 is 0. The van der Waals surface area contributed by atoms with Gasteiger partial charge >= 0.3 is 0 Å². The van der Waals surface area contributed by atoms with Crippen LogP contribution in [0.25, 0.3) is 6.08 Å². The molecule has 1 aliphatic rings. The van der Waals surface area contributed by atoms with Crippen LogP contribution >= 0.6 is 0 Å². The summed E-state index contributed by atoms with van der Waals surface area (Å²) in [4.78, 5) is 4.40. The van der Waals surface area contributed by atoms with Crippen LogP contribution in [0, 0.1) is 0 Å². The molecule has 0 spiro atoms. The normalized spacial score (nSPS) is 20.5. The maximum Gasteiger partial charge on any atom is 0.0508 e. The maximum atomic E-state index is 4.40. The summed E-state index contributed by atoms with van der Waals surface area (Å²) in [7, 11) is 1.97. The van der Waals surface area contributed by atoms with Gasteiger partial charge in [0.2, 0.25) is 0 Å². The highest BCUT2D eigenvalue weighted by atomic mass is 14.8. The quantitative estimate of drug-likeness (QED) is 0.705. The first-order valence-electron chi connectivity index (χ1n) is 4.64. The Morgan fingerprint density at radius 2 is 2.38 bits per heavy atom. The number of nitrogens with one attached hydrogen (secondary N) is 1. The molecule has 0 aromatic carbocycles. The van der Waals surface area contributed by atoms with E-state index >= 15 is 0 Å². The number of hydrogen-bond donors (Lipinski definition) is 1. The van der Waals surface area contributed by atoms with Gasteiger partial charge < -0.3 is 5.32 Å². The van der Waals surface area contributed by atoms with Gasteiger partial charge in [0.05, 0.1) is 5.69 Å². The molecule has 0 amide bonds. The summed E-state index contributed by atoms with van der Waals surface area (Å²) in [5.74, 6) is 0.531. The third-order valence-corrected chi connectivity index (χ3v) is 2.51. The van der Waals surface area contributed by atoms with Crippen LogP contribution in [0.1, 0.15) is 30.5 Å². The maximum absolute atomic E-state index is 4.40. The van der Waals surface area contributed by atoms with E-state index < -0.39 is 0 Å². The van der Waals surface area contributed by atoms with Gasteiger partial charge in [-0.05, 0) is 24.1 Å². The number of nitrogens with zero attached hydrogens (tertiary/aromatic N) is 1. The lowest BCUT2D eigenvalue weighted by atomic mass is 9.91. The molecule has 2 heteroatoms. The molecule has 1 N–H and O–H groups in total. The fraction of sp³-hybridized carbons (Fsp3) is 0.364. The molecule has 1 atom stereocenters. The van der Waals surface area contributed by atoms with Crippen LogP contribution in [-0.2, 0) is 0 Å². The molecule has 2 nitrogen and oxygen atoms in total. The summed E-state index contributed by atoms with van der Waals surface area (Å²) in [6.07, 6.45) is 5.12. The number of allylic oxidation sites excluding steroid dienone is 1. The van der Waals surface area contributed by atoms with Crippen molar-refractivity contribution < 1.29 is 0 Å². The minimum Gasteiger partial charge on any atom is -0.391 e. The molecule has 2 rings (SSSR count). The van der Waals surface area contributed by atoms with Crippen molar-refractivity contribution in [3.63, 3.8) is 0 Å². The summed E-state index contributed by atoms with van der Waals surface area (Å²) in [6.45, 7) is 2.22. The predicted octanol–water partition coefficient (Wildman–Crippen LogP) is 2.15. The van der Waals surface area contributed by atoms with E-state index in [0.717, 1.165) is 6.42 Å². The molecule has 1 heterocycles.